The molecule has 2 aliphatic carbocycles. The molecular formula is C19H26N2O2. The molecule has 2 fully saturated rings. The van der Waals surface area contributed by atoms with Crippen LogP contribution in [0.5, 0.6) is 0 Å². The number of carbonyl (C=O) groups is 1. The molecule has 1 N–H and O–H groups in total. The van der Waals surface area contributed by atoms with Crippen LogP contribution in [0.25, 0.3) is 0 Å². The number of amides is 1. The van der Waals surface area contributed by atoms with E-state index in [-0.39, 0.29) is 12.0 Å². The number of aliphatic hydroxyl groups excluding tert-OH is 1. The Morgan fingerprint density at radius 3 is 2.65 bits per heavy atom. The number of aliphatic hydroxyl groups is 1. The van der Waals surface area contributed by atoms with Gasteiger partial charge < -0.3 is 10.0 Å². The predicted molar refractivity (Wildman–Crippen MR) is 90.4 cm³/mol. The number of hydrogen-bond donors (Lipinski definition) is 1. The number of likely N-dealkylation sites (N-methyl/N-ethyl adjacent to an activating group) is 1. The van der Waals surface area contributed by atoms with E-state index in [1.165, 1.54) is 5.56 Å². The summed E-state index contributed by atoms with van der Waals surface area (Å²) in [7, 11) is 2.09. The van der Waals surface area contributed by atoms with E-state index in [0.29, 0.717) is 24.4 Å². The summed E-state index contributed by atoms with van der Waals surface area (Å²) >= 11 is 0. The lowest BCUT2D eigenvalue weighted by atomic mass is 10.0. The molecule has 4 nitrogen and oxygen atoms in total. The van der Waals surface area contributed by atoms with Crippen LogP contribution in [0.4, 0.5) is 5.69 Å². The van der Waals surface area contributed by atoms with Crippen molar-refractivity contribution in [2.24, 2.45) is 11.8 Å². The zero-order chi connectivity index (χ0) is 16.0. The first-order valence-electron chi connectivity index (χ1n) is 8.88. The third-order valence-electron chi connectivity index (χ3n) is 6.16. The van der Waals surface area contributed by atoms with E-state index in [2.05, 4.69) is 24.1 Å². The lowest BCUT2D eigenvalue weighted by Crippen LogP contribution is -2.41. The summed E-state index contributed by atoms with van der Waals surface area (Å²) in [6, 6.07) is 8.74. The maximum atomic E-state index is 12.7. The topological polar surface area (TPSA) is 43.8 Å². The second-order valence-corrected chi connectivity index (χ2v) is 7.61. The van der Waals surface area contributed by atoms with Crippen LogP contribution in [-0.2, 0) is 11.2 Å². The highest BCUT2D eigenvalue weighted by Crippen LogP contribution is 2.45. The molecule has 3 aliphatic rings. The maximum Gasteiger partial charge on any atom is 0.241 e. The molecule has 0 bridgehead atoms. The van der Waals surface area contributed by atoms with Crippen LogP contribution >= 0.6 is 0 Å². The molecule has 1 heterocycles. The standard InChI is InChI=1S/C19H26N2O2/c1-20(16-8-14-10-17(22)11-15(14)9-16)12-19(23)21-7-6-13-4-2-3-5-18(13)21/h2-5,14-17,22H,6-12H2,1H3/t14-,15+,16?,17?. The van der Waals surface area contributed by atoms with Gasteiger partial charge in [0.2, 0.25) is 5.91 Å². The van der Waals surface area contributed by atoms with Crippen LogP contribution in [0.2, 0.25) is 0 Å². The van der Waals surface area contributed by atoms with Crippen molar-refractivity contribution in [2.45, 2.75) is 44.2 Å². The first kappa shape index (κ1) is 15.2. The van der Waals surface area contributed by atoms with Crippen molar-refractivity contribution >= 4 is 11.6 Å². The summed E-state index contributed by atoms with van der Waals surface area (Å²) in [6.45, 7) is 1.31. The molecule has 2 unspecified atom stereocenters. The van der Waals surface area contributed by atoms with Crippen molar-refractivity contribution in [3.8, 4) is 0 Å². The normalized spacial score (nSPS) is 32.4. The SMILES string of the molecule is CN(CC(=O)N1CCc2ccccc21)C1C[C@H]2CC(O)C[C@H]2C1. The van der Waals surface area contributed by atoms with Gasteiger partial charge in [0.1, 0.15) is 0 Å². The molecule has 4 atom stereocenters. The van der Waals surface area contributed by atoms with Crippen LogP contribution in [-0.4, -0.2) is 48.2 Å². The molecule has 1 aromatic rings. The van der Waals surface area contributed by atoms with E-state index in [4.69, 9.17) is 0 Å². The molecule has 0 saturated heterocycles. The minimum absolute atomic E-state index is 0.0843. The monoisotopic (exact) mass is 314 g/mol. The van der Waals surface area contributed by atoms with E-state index >= 15 is 0 Å². The Bertz CT molecular complexity index is 589. The molecule has 4 rings (SSSR count). The highest BCUT2D eigenvalue weighted by atomic mass is 16.3. The fourth-order valence-electron chi connectivity index (χ4n) is 4.94. The molecule has 23 heavy (non-hydrogen) atoms. The Morgan fingerprint density at radius 1 is 1.22 bits per heavy atom. The van der Waals surface area contributed by atoms with Gasteiger partial charge in [-0.1, -0.05) is 18.2 Å². The van der Waals surface area contributed by atoms with E-state index in [0.717, 1.165) is 44.3 Å². The number of anilines is 1. The highest BCUT2D eigenvalue weighted by Gasteiger charge is 2.42. The summed E-state index contributed by atoms with van der Waals surface area (Å²) in [5.74, 6) is 1.55. The highest BCUT2D eigenvalue weighted by molar-refractivity contribution is 5.96. The third kappa shape index (κ3) is 2.79. The van der Waals surface area contributed by atoms with Crippen molar-refractivity contribution in [3.63, 3.8) is 0 Å². The van der Waals surface area contributed by atoms with Crippen molar-refractivity contribution in [1.29, 1.82) is 0 Å². The van der Waals surface area contributed by atoms with E-state index in [1.54, 1.807) is 0 Å². The van der Waals surface area contributed by atoms with Crippen LogP contribution in [0.3, 0.4) is 0 Å². The lowest BCUT2D eigenvalue weighted by Gasteiger charge is -2.27. The van der Waals surface area contributed by atoms with Crippen molar-refractivity contribution in [2.75, 3.05) is 25.0 Å². The number of fused-ring (bicyclic) bond motifs is 2. The maximum absolute atomic E-state index is 12.7. The van der Waals surface area contributed by atoms with E-state index < -0.39 is 0 Å². The third-order valence-corrected chi connectivity index (χ3v) is 6.16. The number of carbonyl (C=O) groups excluding carboxylic acids is 1. The van der Waals surface area contributed by atoms with Crippen molar-refractivity contribution in [3.05, 3.63) is 29.8 Å². The van der Waals surface area contributed by atoms with Crippen LogP contribution < -0.4 is 4.90 Å². The van der Waals surface area contributed by atoms with Gasteiger partial charge in [-0.3, -0.25) is 9.69 Å². The molecule has 1 aromatic carbocycles. The Labute approximate surface area is 138 Å². The molecule has 0 aromatic heterocycles. The number of nitrogens with zero attached hydrogens (tertiary/aromatic N) is 2. The Kier molecular flexibility index (Phi) is 3.90. The summed E-state index contributed by atoms with van der Waals surface area (Å²) in [5.41, 5.74) is 2.38. The second-order valence-electron chi connectivity index (χ2n) is 7.61. The quantitative estimate of drug-likeness (QED) is 0.929. The van der Waals surface area contributed by atoms with Gasteiger partial charge in [-0.05, 0) is 62.6 Å². The minimum atomic E-state index is -0.0843. The van der Waals surface area contributed by atoms with Gasteiger partial charge in [0.25, 0.3) is 0 Å². The largest absolute Gasteiger partial charge is 0.393 e. The summed E-state index contributed by atoms with van der Waals surface area (Å²) < 4.78 is 0. The van der Waals surface area contributed by atoms with E-state index in [9.17, 15) is 9.90 Å². The fraction of sp³-hybridized carbons (Fsp3) is 0.632. The second kappa shape index (κ2) is 5.91. The average molecular weight is 314 g/mol. The Balaban J connectivity index is 1.37. The first-order valence-corrected chi connectivity index (χ1v) is 8.88. The van der Waals surface area contributed by atoms with Crippen molar-refractivity contribution in [1.82, 2.24) is 4.90 Å². The van der Waals surface area contributed by atoms with Crippen molar-refractivity contribution < 1.29 is 9.90 Å². The molecule has 0 spiro atoms. The number of benzene rings is 1. The fourth-order valence-corrected chi connectivity index (χ4v) is 4.94. The van der Waals surface area contributed by atoms with Gasteiger partial charge in [0.05, 0.1) is 12.6 Å². The molecule has 1 aliphatic heterocycles. The van der Waals surface area contributed by atoms with Gasteiger partial charge in [-0.25, -0.2) is 0 Å². The number of rotatable bonds is 3. The predicted octanol–water partition coefficient (Wildman–Crippen LogP) is 2.06. The smallest absolute Gasteiger partial charge is 0.241 e. The van der Waals surface area contributed by atoms with Crippen LogP contribution in [0.1, 0.15) is 31.2 Å². The van der Waals surface area contributed by atoms with Gasteiger partial charge in [-0.15, -0.1) is 0 Å². The zero-order valence-corrected chi connectivity index (χ0v) is 13.8. The number of hydrogen-bond acceptors (Lipinski definition) is 3. The van der Waals surface area contributed by atoms with Gasteiger partial charge >= 0.3 is 0 Å². The van der Waals surface area contributed by atoms with Gasteiger partial charge in [-0.2, -0.15) is 0 Å². The molecular weight excluding hydrogens is 288 g/mol. The summed E-state index contributed by atoms with van der Waals surface area (Å²) in [4.78, 5) is 16.9. The van der Waals surface area contributed by atoms with E-state index in [1.807, 2.05) is 17.0 Å². The zero-order valence-electron chi connectivity index (χ0n) is 13.8. The summed E-state index contributed by atoms with van der Waals surface area (Å²) in [5, 5.41) is 9.77. The Morgan fingerprint density at radius 2 is 1.91 bits per heavy atom. The number of para-hydroxylation sites is 1. The molecule has 124 valence electrons. The first-order chi connectivity index (χ1) is 11.1. The van der Waals surface area contributed by atoms with Gasteiger partial charge in [0.15, 0.2) is 0 Å². The molecule has 2 saturated carbocycles. The molecule has 0 radical (unpaired) electrons. The lowest BCUT2D eigenvalue weighted by molar-refractivity contribution is -0.119. The summed E-state index contributed by atoms with van der Waals surface area (Å²) in [6.07, 6.45) is 5.09. The average Bonchev–Trinajstić information content (AvgIpc) is 3.18. The van der Waals surface area contributed by atoms with Gasteiger partial charge in [0, 0.05) is 18.3 Å². The Hall–Kier alpha value is -1.39. The van der Waals surface area contributed by atoms with Crippen LogP contribution in [0, 0.1) is 11.8 Å². The van der Waals surface area contributed by atoms with Crippen LogP contribution in [0.15, 0.2) is 24.3 Å². The molecule has 1 amide bonds. The minimum Gasteiger partial charge on any atom is -0.393 e. The molecule has 4 heteroatoms.